The first-order valence-electron chi connectivity index (χ1n) is 6.61. The minimum absolute atomic E-state index is 0.379. The van der Waals surface area contributed by atoms with Gasteiger partial charge >= 0.3 is 0 Å². The van der Waals surface area contributed by atoms with E-state index in [0.29, 0.717) is 12.0 Å². The molecule has 1 aliphatic rings. The van der Waals surface area contributed by atoms with Crippen molar-refractivity contribution >= 4 is 0 Å². The van der Waals surface area contributed by atoms with Gasteiger partial charge in [0.05, 0.1) is 11.4 Å². The number of likely N-dealkylation sites (tertiary alicyclic amines) is 1. The summed E-state index contributed by atoms with van der Waals surface area (Å²) in [4.78, 5) is 2.50. The molecule has 4 heteroatoms. The van der Waals surface area contributed by atoms with Gasteiger partial charge in [-0.05, 0) is 32.3 Å². The van der Waals surface area contributed by atoms with E-state index in [1.807, 2.05) is 0 Å². The molecule has 2 N–H and O–H groups in total. The summed E-state index contributed by atoms with van der Waals surface area (Å²) in [6, 6.07) is 2.58. The molecule has 0 amide bonds. The SMILES string of the molecule is CCn1nc(C)cc1CN1CCC(N)C(C)C1. The second kappa shape index (κ2) is 5.19. The normalized spacial score (nSPS) is 26.4. The van der Waals surface area contributed by atoms with Gasteiger partial charge in [0.2, 0.25) is 0 Å². The van der Waals surface area contributed by atoms with E-state index in [1.165, 1.54) is 5.69 Å². The molecular formula is C13H24N4. The Labute approximate surface area is 104 Å². The van der Waals surface area contributed by atoms with E-state index >= 15 is 0 Å². The molecule has 0 aromatic carbocycles. The Morgan fingerprint density at radius 2 is 2.29 bits per heavy atom. The van der Waals surface area contributed by atoms with Crippen molar-refractivity contribution < 1.29 is 0 Å². The molecule has 1 fully saturated rings. The fourth-order valence-electron chi connectivity index (χ4n) is 2.62. The summed E-state index contributed by atoms with van der Waals surface area (Å²) < 4.78 is 2.11. The van der Waals surface area contributed by atoms with Crippen LogP contribution in [0.2, 0.25) is 0 Å². The highest BCUT2D eigenvalue weighted by Gasteiger charge is 2.23. The van der Waals surface area contributed by atoms with Crippen LogP contribution < -0.4 is 5.73 Å². The zero-order valence-electron chi connectivity index (χ0n) is 11.2. The Bertz CT molecular complexity index is 371. The molecule has 1 saturated heterocycles. The third kappa shape index (κ3) is 2.87. The number of aromatic nitrogens is 2. The molecular weight excluding hydrogens is 212 g/mol. The van der Waals surface area contributed by atoms with Crippen molar-refractivity contribution in [2.75, 3.05) is 13.1 Å². The number of rotatable bonds is 3. The van der Waals surface area contributed by atoms with E-state index in [-0.39, 0.29) is 0 Å². The van der Waals surface area contributed by atoms with Gasteiger partial charge in [-0.25, -0.2) is 0 Å². The van der Waals surface area contributed by atoms with Gasteiger partial charge < -0.3 is 5.73 Å². The predicted octanol–water partition coefficient (Wildman–Crippen LogP) is 1.38. The van der Waals surface area contributed by atoms with Crippen LogP contribution >= 0.6 is 0 Å². The number of piperidine rings is 1. The lowest BCUT2D eigenvalue weighted by atomic mass is 9.95. The quantitative estimate of drug-likeness (QED) is 0.862. The van der Waals surface area contributed by atoms with Crippen LogP contribution in [-0.4, -0.2) is 33.8 Å². The van der Waals surface area contributed by atoms with Crippen molar-refractivity contribution in [2.24, 2.45) is 11.7 Å². The molecule has 2 atom stereocenters. The van der Waals surface area contributed by atoms with Gasteiger partial charge in [-0.15, -0.1) is 0 Å². The smallest absolute Gasteiger partial charge is 0.0597 e. The number of nitrogens with two attached hydrogens (primary N) is 1. The molecule has 1 aromatic heterocycles. The first-order chi connectivity index (χ1) is 8.10. The summed E-state index contributed by atoms with van der Waals surface area (Å²) in [7, 11) is 0. The zero-order chi connectivity index (χ0) is 12.4. The third-order valence-electron chi connectivity index (χ3n) is 3.73. The Balaban J connectivity index is 2.00. The van der Waals surface area contributed by atoms with Crippen molar-refractivity contribution in [3.8, 4) is 0 Å². The maximum Gasteiger partial charge on any atom is 0.0597 e. The van der Waals surface area contributed by atoms with Crippen LogP contribution in [0.15, 0.2) is 6.07 Å². The van der Waals surface area contributed by atoms with Crippen molar-refractivity contribution in [1.82, 2.24) is 14.7 Å². The Morgan fingerprint density at radius 3 is 2.94 bits per heavy atom. The maximum absolute atomic E-state index is 6.05. The number of nitrogens with zero attached hydrogens (tertiary/aromatic N) is 3. The van der Waals surface area contributed by atoms with Gasteiger partial charge in [0.1, 0.15) is 0 Å². The highest BCUT2D eigenvalue weighted by Crippen LogP contribution is 2.17. The van der Waals surface area contributed by atoms with E-state index in [4.69, 9.17) is 5.73 Å². The lowest BCUT2D eigenvalue weighted by molar-refractivity contribution is 0.154. The van der Waals surface area contributed by atoms with Gasteiger partial charge in [0.15, 0.2) is 0 Å². The molecule has 0 saturated carbocycles. The molecule has 2 heterocycles. The molecule has 96 valence electrons. The van der Waals surface area contributed by atoms with Gasteiger partial charge in [-0.2, -0.15) is 5.10 Å². The summed E-state index contributed by atoms with van der Waals surface area (Å²) in [5.41, 5.74) is 8.49. The van der Waals surface area contributed by atoms with Gasteiger partial charge in [-0.3, -0.25) is 9.58 Å². The molecule has 4 nitrogen and oxygen atoms in total. The first-order valence-corrected chi connectivity index (χ1v) is 6.61. The molecule has 0 bridgehead atoms. The fraction of sp³-hybridized carbons (Fsp3) is 0.769. The predicted molar refractivity (Wildman–Crippen MR) is 69.7 cm³/mol. The first kappa shape index (κ1) is 12.6. The average Bonchev–Trinajstić information content (AvgIpc) is 2.64. The zero-order valence-corrected chi connectivity index (χ0v) is 11.2. The Hall–Kier alpha value is -0.870. The van der Waals surface area contributed by atoms with Crippen molar-refractivity contribution in [3.63, 3.8) is 0 Å². The third-order valence-corrected chi connectivity index (χ3v) is 3.73. The minimum Gasteiger partial charge on any atom is -0.327 e. The molecule has 17 heavy (non-hydrogen) atoms. The summed E-state index contributed by atoms with van der Waals surface area (Å²) in [6.07, 6.45) is 1.11. The largest absolute Gasteiger partial charge is 0.327 e. The number of aryl methyl sites for hydroxylation is 2. The monoisotopic (exact) mass is 236 g/mol. The lowest BCUT2D eigenvalue weighted by Crippen LogP contribution is -2.45. The molecule has 1 aliphatic heterocycles. The topological polar surface area (TPSA) is 47.1 Å². The minimum atomic E-state index is 0.379. The van der Waals surface area contributed by atoms with Crippen LogP contribution in [0.5, 0.6) is 0 Å². The van der Waals surface area contributed by atoms with Gasteiger partial charge in [-0.1, -0.05) is 6.92 Å². The molecule has 0 spiro atoms. The highest BCUT2D eigenvalue weighted by molar-refractivity contribution is 5.09. The highest BCUT2D eigenvalue weighted by atomic mass is 15.3. The van der Waals surface area contributed by atoms with E-state index in [9.17, 15) is 0 Å². The summed E-state index contributed by atoms with van der Waals surface area (Å²) in [5, 5.41) is 4.49. The van der Waals surface area contributed by atoms with Crippen LogP contribution in [0.1, 0.15) is 31.7 Å². The van der Waals surface area contributed by atoms with Crippen molar-refractivity contribution in [3.05, 3.63) is 17.5 Å². The Morgan fingerprint density at radius 1 is 1.53 bits per heavy atom. The summed E-state index contributed by atoms with van der Waals surface area (Å²) >= 11 is 0. The Kier molecular flexibility index (Phi) is 3.84. The number of hydrogen-bond acceptors (Lipinski definition) is 3. The van der Waals surface area contributed by atoms with Crippen LogP contribution in [0.25, 0.3) is 0 Å². The van der Waals surface area contributed by atoms with Crippen LogP contribution in [0, 0.1) is 12.8 Å². The van der Waals surface area contributed by atoms with Crippen LogP contribution in [-0.2, 0) is 13.1 Å². The van der Waals surface area contributed by atoms with Crippen LogP contribution in [0.3, 0.4) is 0 Å². The molecule has 0 radical (unpaired) electrons. The lowest BCUT2D eigenvalue weighted by Gasteiger charge is -2.35. The average molecular weight is 236 g/mol. The van der Waals surface area contributed by atoms with E-state index in [2.05, 4.69) is 41.5 Å². The van der Waals surface area contributed by atoms with Gasteiger partial charge in [0.25, 0.3) is 0 Å². The van der Waals surface area contributed by atoms with E-state index in [0.717, 1.165) is 38.3 Å². The second-order valence-corrected chi connectivity index (χ2v) is 5.26. The fourth-order valence-corrected chi connectivity index (χ4v) is 2.62. The van der Waals surface area contributed by atoms with Crippen molar-refractivity contribution in [1.29, 1.82) is 0 Å². The molecule has 2 unspecified atom stereocenters. The van der Waals surface area contributed by atoms with E-state index in [1.54, 1.807) is 0 Å². The molecule has 1 aromatic rings. The van der Waals surface area contributed by atoms with Gasteiger partial charge in [0, 0.05) is 32.2 Å². The summed E-state index contributed by atoms with van der Waals surface area (Å²) in [6.45, 7) is 10.6. The molecule has 0 aliphatic carbocycles. The van der Waals surface area contributed by atoms with E-state index < -0.39 is 0 Å². The second-order valence-electron chi connectivity index (χ2n) is 5.26. The molecule has 2 rings (SSSR count). The standard InChI is InChI=1S/C13H24N4/c1-4-17-12(7-11(3)15-17)9-16-6-5-13(14)10(2)8-16/h7,10,13H,4-6,8-9,14H2,1-3H3. The van der Waals surface area contributed by atoms with Crippen LogP contribution in [0.4, 0.5) is 0 Å². The summed E-state index contributed by atoms with van der Waals surface area (Å²) in [5.74, 6) is 0.600. The number of hydrogen-bond donors (Lipinski definition) is 1. The van der Waals surface area contributed by atoms with Crippen molar-refractivity contribution in [2.45, 2.75) is 46.3 Å². The maximum atomic E-state index is 6.05.